The van der Waals surface area contributed by atoms with Crippen LogP contribution in [0.25, 0.3) is 0 Å². The number of anilines is 2. The Labute approximate surface area is 189 Å². The van der Waals surface area contributed by atoms with Gasteiger partial charge in [0.25, 0.3) is 5.91 Å². The van der Waals surface area contributed by atoms with Crippen LogP contribution in [0.1, 0.15) is 24.0 Å². The lowest BCUT2D eigenvalue weighted by Crippen LogP contribution is -2.22. The fourth-order valence-electron chi connectivity index (χ4n) is 2.92. The van der Waals surface area contributed by atoms with Crippen molar-refractivity contribution in [3.63, 3.8) is 0 Å². The summed E-state index contributed by atoms with van der Waals surface area (Å²) in [4.78, 5) is 40.9. The van der Waals surface area contributed by atoms with E-state index < -0.39 is 11.2 Å². The van der Waals surface area contributed by atoms with Crippen LogP contribution in [0.3, 0.4) is 0 Å². The monoisotopic (exact) mass is 459 g/mol. The average molecular weight is 460 g/mol. The van der Waals surface area contributed by atoms with E-state index in [1.807, 2.05) is 38.1 Å². The van der Waals surface area contributed by atoms with Gasteiger partial charge in [0, 0.05) is 23.2 Å². The van der Waals surface area contributed by atoms with Crippen molar-refractivity contribution in [3.05, 3.63) is 52.5 Å². The van der Waals surface area contributed by atoms with E-state index in [0.717, 1.165) is 22.9 Å². The van der Waals surface area contributed by atoms with E-state index in [4.69, 9.17) is 16.3 Å². The predicted octanol–water partition coefficient (Wildman–Crippen LogP) is 4.36. The first-order valence-electron chi connectivity index (χ1n) is 9.53. The quantitative estimate of drug-likeness (QED) is 0.641. The first-order valence-corrected chi connectivity index (χ1v) is 10.8. The largest absolute Gasteiger partial charge is 0.495 e. The van der Waals surface area contributed by atoms with Gasteiger partial charge in [-0.2, -0.15) is 0 Å². The third kappa shape index (κ3) is 6.08. The highest BCUT2D eigenvalue weighted by atomic mass is 35.5. The van der Waals surface area contributed by atoms with E-state index >= 15 is 0 Å². The molecule has 2 aromatic carbocycles. The van der Waals surface area contributed by atoms with Crippen LogP contribution >= 0.6 is 23.4 Å². The number of nitrogens with one attached hydrogen (secondary N) is 2. The normalized spacial score (nSPS) is 15.4. The maximum absolute atomic E-state index is 12.5. The van der Waals surface area contributed by atoms with Crippen molar-refractivity contribution >= 4 is 57.5 Å². The van der Waals surface area contributed by atoms with Gasteiger partial charge in [0.05, 0.1) is 24.3 Å². The molecular weight excluding hydrogens is 438 g/mol. The minimum absolute atomic E-state index is 0.0212. The Morgan fingerprint density at radius 3 is 2.52 bits per heavy atom. The summed E-state index contributed by atoms with van der Waals surface area (Å²) in [7, 11) is 1.48. The number of aliphatic imine (C=N–C) groups is 1. The molecule has 7 nitrogen and oxygen atoms in total. The zero-order valence-corrected chi connectivity index (χ0v) is 18.9. The molecule has 3 rings (SSSR count). The Balaban J connectivity index is 1.54. The van der Waals surface area contributed by atoms with Crippen LogP contribution in [-0.2, 0) is 14.4 Å². The molecule has 2 aromatic rings. The van der Waals surface area contributed by atoms with Gasteiger partial charge in [0.1, 0.15) is 11.0 Å². The van der Waals surface area contributed by atoms with Gasteiger partial charge in [-0.25, -0.2) is 4.99 Å². The van der Waals surface area contributed by atoms with Crippen LogP contribution in [0.15, 0.2) is 41.4 Å². The fourth-order valence-corrected chi connectivity index (χ4v) is 4.15. The maximum Gasteiger partial charge on any atom is 0.260 e. The highest BCUT2D eigenvalue weighted by Gasteiger charge is 2.31. The van der Waals surface area contributed by atoms with Crippen molar-refractivity contribution in [2.24, 2.45) is 4.99 Å². The van der Waals surface area contributed by atoms with Gasteiger partial charge >= 0.3 is 0 Å². The highest BCUT2D eigenvalue weighted by Crippen LogP contribution is 2.32. The molecule has 1 heterocycles. The summed E-state index contributed by atoms with van der Waals surface area (Å²) in [5.41, 5.74) is 3.03. The van der Waals surface area contributed by atoms with Crippen LogP contribution < -0.4 is 15.4 Å². The van der Waals surface area contributed by atoms with Crippen LogP contribution in [0, 0.1) is 13.8 Å². The number of ether oxygens (including phenoxy) is 1. The summed E-state index contributed by atoms with van der Waals surface area (Å²) in [5, 5.41) is 5.78. The van der Waals surface area contributed by atoms with Crippen LogP contribution in [-0.4, -0.2) is 35.1 Å². The summed E-state index contributed by atoms with van der Waals surface area (Å²) in [5.74, 6) is -0.614. The van der Waals surface area contributed by atoms with Gasteiger partial charge in [-0.3, -0.25) is 14.4 Å². The van der Waals surface area contributed by atoms with Gasteiger partial charge in [0.2, 0.25) is 11.8 Å². The van der Waals surface area contributed by atoms with Crippen molar-refractivity contribution in [2.45, 2.75) is 31.9 Å². The second-order valence-electron chi connectivity index (χ2n) is 7.10. The fraction of sp³-hybridized carbons (Fsp3) is 0.273. The molecular formula is C22H22ClN3O4S. The molecule has 0 aliphatic carbocycles. The molecule has 2 N–H and O–H groups in total. The summed E-state index contributed by atoms with van der Waals surface area (Å²) in [6, 6.07) is 10.7. The maximum atomic E-state index is 12.5. The van der Waals surface area contributed by atoms with Crippen molar-refractivity contribution in [1.29, 1.82) is 0 Å². The first-order chi connectivity index (χ1) is 14.7. The summed E-state index contributed by atoms with van der Waals surface area (Å²) in [6.45, 7) is 3.77. The van der Waals surface area contributed by atoms with E-state index in [-0.39, 0.29) is 24.7 Å². The Bertz CT molecular complexity index is 1050. The predicted molar refractivity (Wildman–Crippen MR) is 124 cm³/mol. The molecule has 1 unspecified atom stereocenters. The van der Waals surface area contributed by atoms with Gasteiger partial charge in [0.15, 0.2) is 0 Å². The molecule has 31 heavy (non-hydrogen) atoms. The number of thioether (sulfide) groups is 1. The standard InChI is InChI=1S/C22H22ClN3O4S/c1-12-4-6-14(7-5-12)24-20(28)11-21-26-22(29)18(31-21)10-19(27)25-16-8-13(2)15(23)9-17(16)30-3/h4-9,18H,10-11H2,1-3H3,(H,24,28)(H,25,27). The van der Waals surface area contributed by atoms with Gasteiger partial charge in [-0.05, 0) is 37.6 Å². The van der Waals surface area contributed by atoms with E-state index in [1.54, 1.807) is 12.1 Å². The number of rotatable bonds is 7. The summed E-state index contributed by atoms with van der Waals surface area (Å²) < 4.78 is 5.25. The Morgan fingerprint density at radius 2 is 1.84 bits per heavy atom. The SMILES string of the molecule is COc1cc(Cl)c(C)cc1NC(=O)CC1SC(CC(=O)Nc2ccc(C)cc2)=NC1=O. The smallest absolute Gasteiger partial charge is 0.260 e. The van der Waals surface area contributed by atoms with Crippen LogP contribution in [0.2, 0.25) is 5.02 Å². The zero-order chi connectivity index (χ0) is 22.5. The Morgan fingerprint density at radius 1 is 1.13 bits per heavy atom. The molecule has 1 aliphatic rings. The van der Waals surface area contributed by atoms with Gasteiger partial charge in [-0.15, -0.1) is 0 Å². The number of amides is 3. The minimum Gasteiger partial charge on any atom is -0.495 e. The molecule has 1 aliphatic heterocycles. The number of methoxy groups -OCH3 is 1. The molecule has 9 heteroatoms. The number of nitrogens with zero attached hydrogens (tertiary/aromatic N) is 1. The topological polar surface area (TPSA) is 96.9 Å². The second kappa shape index (κ2) is 9.98. The minimum atomic E-state index is -0.665. The molecule has 0 saturated heterocycles. The number of benzene rings is 2. The van der Waals surface area contributed by atoms with Crippen LogP contribution in [0.4, 0.5) is 11.4 Å². The number of hydrogen-bond acceptors (Lipinski definition) is 5. The lowest BCUT2D eigenvalue weighted by Gasteiger charge is -2.13. The van der Waals surface area contributed by atoms with Crippen molar-refractivity contribution in [2.75, 3.05) is 17.7 Å². The first kappa shape index (κ1) is 22.8. The number of carbonyl (C=O) groups is 3. The molecule has 0 fully saturated rings. The third-order valence-corrected chi connectivity index (χ3v) is 6.13. The number of halogens is 1. The summed E-state index contributed by atoms with van der Waals surface area (Å²) >= 11 is 7.23. The molecule has 1 atom stereocenters. The molecule has 0 spiro atoms. The third-order valence-electron chi connectivity index (χ3n) is 4.56. The van der Waals surface area contributed by atoms with E-state index in [2.05, 4.69) is 15.6 Å². The zero-order valence-electron chi connectivity index (χ0n) is 17.3. The Hall–Kier alpha value is -2.84. The van der Waals surface area contributed by atoms with Gasteiger partial charge < -0.3 is 15.4 Å². The van der Waals surface area contributed by atoms with E-state index in [1.165, 1.54) is 7.11 Å². The molecule has 0 aromatic heterocycles. The summed E-state index contributed by atoms with van der Waals surface area (Å²) in [6.07, 6.45) is -0.0898. The molecule has 0 bridgehead atoms. The van der Waals surface area contributed by atoms with Crippen molar-refractivity contribution in [3.8, 4) is 5.75 Å². The van der Waals surface area contributed by atoms with Crippen molar-refractivity contribution < 1.29 is 19.1 Å². The Kier molecular flexibility index (Phi) is 7.35. The average Bonchev–Trinajstić information content (AvgIpc) is 3.04. The number of aryl methyl sites for hydroxylation is 2. The molecule has 162 valence electrons. The number of carbonyl (C=O) groups excluding carboxylic acids is 3. The van der Waals surface area contributed by atoms with Crippen LogP contribution in [0.5, 0.6) is 5.75 Å². The second-order valence-corrected chi connectivity index (χ2v) is 8.78. The molecule has 0 radical (unpaired) electrons. The molecule has 3 amide bonds. The van der Waals surface area contributed by atoms with Crippen molar-refractivity contribution in [1.82, 2.24) is 0 Å². The lowest BCUT2D eigenvalue weighted by atomic mass is 10.2. The molecule has 0 saturated carbocycles. The number of hydrogen-bond donors (Lipinski definition) is 2. The van der Waals surface area contributed by atoms with E-state index in [0.29, 0.717) is 27.2 Å². The van der Waals surface area contributed by atoms with Gasteiger partial charge in [-0.1, -0.05) is 41.1 Å². The highest BCUT2D eigenvalue weighted by molar-refractivity contribution is 8.15. The van der Waals surface area contributed by atoms with E-state index in [9.17, 15) is 14.4 Å². The lowest BCUT2D eigenvalue weighted by molar-refractivity contribution is -0.121.